The van der Waals surface area contributed by atoms with E-state index in [4.69, 9.17) is 4.74 Å². The molecule has 0 radical (unpaired) electrons. The van der Waals surface area contributed by atoms with Crippen LogP contribution in [0.1, 0.15) is 53.4 Å². The average molecular weight is 523 g/mol. The highest BCUT2D eigenvalue weighted by Crippen LogP contribution is 2.19. The number of carbonyl (C=O) groups is 2. The lowest BCUT2D eigenvalue weighted by Crippen LogP contribution is -2.49. The van der Waals surface area contributed by atoms with E-state index in [1.165, 1.54) is 0 Å². The van der Waals surface area contributed by atoms with Gasteiger partial charge in [-0.3, -0.25) is 9.79 Å². The summed E-state index contributed by atoms with van der Waals surface area (Å²) >= 11 is 0. The van der Waals surface area contributed by atoms with Crippen LogP contribution in [0.15, 0.2) is 4.99 Å². The molecule has 0 aliphatic carbocycles. The van der Waals surface area contributed by atoms with Crippen LogP contribution < -0.4 is 10.6 Å². The second-order valence-electron chi connectivity index (χ2n) is 8.71. The van der Waals surface area contributed by atoms with E-state index < -0.39 is 5.60 Å². The van der Waals surface area contributed by atoms with Gasteiger partial charge in [0.15, 0.2) is 5.96 Å². The lowest BCUT2D eigenvalue weighted by Gasteiger charge is -2.34. The van der Waals surface area contributed by atoms with Crippen LogP contribution in [0.25, 0.3) is 0 Å². The topological polar surface area (TPSA) is 86.3 Å². The van der Waals surface area contributed by atoms with E-state index in [2.05, 4.69) is 15.6 Å². The van der Waals surface area contributed by atoms with Crippen LogP contribution in [0.3, 0.4) is 0 Å². The number of piperidine rings is 1. The highest BCUT2D eigenvalue weighted by atomic mass is 127. The number of ether oxygens (including phenoxy) is 1. The summed E-state index contributed by atoms with van der Waals surface area (Å²) in [6.45, 7) is 11.3. The van der Waals surface area contributed by atoms with E-state index in [0.717, 1.165) is 51.4 Å². The van der Waals surface area contributed by atoms with E-state index in [1.807, 2.05) is 37.5 Å². The van der Waals surface area contributed by atoms with Crippen molar-refractivity contribution in [3.8, 4) is 0 Å². The average Bonchev–Trinajstić information content (AvgIpc) is 3.12. The summed E-state index contributed by atoms with van der Waals surface area (Å²) in [5, 5.41) is 6.81. The maximum Gasteiger partial charge on any atom is 0.410 e. The Labute approximate surface area is 192 Å². The molecule has 2 fully saturated rings. The van der Waals surface area contributed by atoms with Gasteiger partial charge in [-0.15, -0.1) is 24.0 Å². The Hall–Kier alpha value is -1.26. The Morgan fingerprint density at radius 1 is 1.14 bits per heavy atom. The molecule has 2 rings (SSSR count). The number of amides is 2. The molecule has 0 spiro atoms. The van der Waals surface area contributed by atoms with Crippen LogP contribution in [-0.4, -0.2) is 79.2 Å². The lowest BCUT2D eigenvalue weighted by atomic mass is 9.98. The monoisotopic (exact) mass is 523 g/mol. The third-order valence-corrected chi connectivity index (χ3v) is 5.14. The Bertz CT molecular complexity index is 579. The Morgan fingerprint density at radius 3 is 2.48 bits per heavy atom. The molecule has 2 aliphatic rings. The fourth-order valence-electron chi connectivity index (χ4n) is 3.68. The number of hydrogen-bond donors (Lipinski definition) is 2. The number of aliphatic imine (C=N–C) groups is 1. The summed E-state index contributed by atoms with van der Waals surface area (Å²) < 4.78 is 5.50. The first-order valence-corrected chi connectivity index (χ1v) is 10.4. The number of guanidine groups is 1. The van der Waals surface area contributed by atoms with Crippen molar-refractivity contribution in [1.82, 2.24) is 20.4 Å². The van der Waals surface area contributed by atoms with E-state index in [1.54, 1.807) is 7.05 Å². The number of nitrogens with one attached hydrogen (secondary N) is 2. The molecule has 0 saturated carbocycles. The number of carbonyl (C=O) groups excluding carboxylic acids is 2. The van der Waals surface area contributed by atoms with Gasteiger partial charge in [0.2, 0.25) is 5.91 Å². The van der Waals surface area contributed by atoms with Gasteiger partial charge < -0.3 is 25.2 Å². The smallest absolute Gasteiger partial charge is 0.410 e. The number of likely N-dealkylation sites (tertiary alicyclic amines) is 2. The molecule has 2 heterocycles. The fourth-order valence-corrected chi connectivity index (χ4v) is 3.68. The molecular formula is C20H38IN5O3. The number of nitrogens with zero attached hydrogens (tertiary/aromatic N) is 3. The van der Waals surface area contributed by atoms with Crippen LogP contribution >= 0.6 is 24.0 Å². The molecule has 2 amide bonds. The van der Waals surface area contributed by atoms with Gasteiger partial charge in [0, 0.05) is 52.2 Å². The molecule has 0 aromatic heterocycles. The van der Waals surface area contributed by atoms with Crippen LogP contribution in [0, 0.1) is 5.92 Å². The van der Waals surface area contributed by atoms with E-state index in [9.17, 15) is 9.59 Å². The summed E-state index contributed by atoms with van der Waals surface area (Å²) in [6.07, 6.45) is 3.31. The van der Waals surface area contributed by atoms with Gasteiger partial charge >= 0.3 is 6.09 Å². The maximum atomic E-state index is 12.3. The SMILES string of the molecule is CCC(=O)N1CCC(NC(=NC)NCC2CCCN(C(=O)OC(C)(C)C)C2)C1.I. The highest BCUT2D eigenvalue weighted by Gasteiger charge is 2.28. The van der Waals surface area contributed by atoms with E-state index in [0.29, 0.717) is 18.9 Å². The molecule has 2 saturated heterocycles. The van der Waals surface area contributed by atoms with Crippen LogP contribution in [0.2, 0.25) is 0 Å². The summed E-state index contributed by atoms with van der Waals surface area (Å²) in [7, 11) is 1.76. The minimum Gasteiger partial charge on any atom is -0.444 e. The summed E-state index contributed by atoms with van der Waals surface area (Å²) in [4.78, 5) is 32.2. The highest BCUT2D eigenvalue weighted by molar-refractivity contribution is 14.0. The minimum absolute atomic E-state index is 0. The zero-order valence-corrected chi connectivity index (χ0v) is 20.8. The molecule has 29 heavy (non-hydrogen) atoms. The first-order chi connectivity index (χ1) is 13.2. The maximum absolute atomic E-state index is 12.3. The molecule has 9 heteroatoms. The van der Waals surface area contributed by atoms with Crippen molar-refractivity contribution in [1.29, 1.82) is 0 Å². The van der Waals surface area contributed by atoms with Gasteiger partial charge in [-0.05, 0) is 46.0 Å². The molecule has 168 valence electrons. The number of halogens is 1. The van der Waals surface area contributed by atoms with Crippen molar-refractivity contribution in [2.75, 3.05) is 39.8 Å². The predicted octanol–water partition coefficient (Wildman–Crippen LogP) is 2.43. The zero-order chi connectivity index (χ0) is 20.7. The van der Waals surface area contributed by atoms with Crippen molar-refractivity contribution in [3.05, 3.63) is 0 Å². The normalized spacial score (nSPS) is 22.7. The molecule has 2 unspecified atom stereocenters. The van der Waals surface area contributed by atoms with Crippen LogP contribution in [-0.2, 0) is 9.53 Å². The Balaban J connectivity index is 0.00000420. The van der Waals surface area contributed by atoms with Crippen LogP contribution in [0.5, 0.6) is 0 Å². The van der Waals surface area contributed by atoms with Gasteiger partial charge in [0.25, 0.3) is 0 Å². The molecule has 2 aliphatic heterocycles. The standard InChI is InChI=1S/C20H37N5O3.HI/c1-6-17(26)24-11-9-16(14-24)23-18(21-5)22-12-15-8-7-10-25(13-15)19(27)28-20(2,3)4;/h15-16H,6-14H2,1-5H3,(H2,21,22,23);1H. The molecule has 2 N–H and O–H groups in total. The first-order valence-electron chi connectivity index (χ1n) is 10.4. The predicted molar refractivity (Wildman–Crippen MR) is 126 cm³/mol. The second kappa shape index (κ2) is 11.8. The quantitative estimate of drug-likeness (QED) is 0.336. The summed E-state index contributed by atoms with van der Waals surface area (Å²) in [6, 6.07) is 0.228. The minimum atomic E-state index is -0.470. The molecule has 0 aromatic rings. The molecule has 2 atom stereocenters. The molecule has 8 nitrogen and oxygen atoms in total. The van der Waals surface area contributed by atoms with E-state index >= 15 is 0 Å². The Morgan fingerprint density at radius 2 is 1.86 bits per heavy atom. The van der Waals surface area contributed by atoms with Gasteiger partial charge in [0.1, 0.15) is 5.60 Å². The van der Waals surface area contributed by atoms with Crippen LogP contribution in [0.4, 0.5) is 4.79 Å². The van der Waals surface area contributed by atoms with Gasteiger partial charge in [-0.25, -0.2) is 4.79 Å². The largest absolute Gasteiger partial charge is 0.444 e. The molecule has 0 aromatic carbocycles. The summed E-state index contributed by atoms with van der Waals surface area (Å²) in [5.74, 6) is 1.32. The lowest BCUT2D eigenvalue weighted by molar-refractivity contribution is -0.129. The van der Waals surface area contributed by atoms with Crippen molar-refractivity contribution < 1.29 is 14.3 Å². The second-order valence-corrected chi connectivity index (χ2v) is 8.71. The van der Waals surface area contributed by atoms with E-state index in [-0.39, 0.29) is 42.0 Å². The third kappa shape index (κ3) is 8.55. The van der Waals surface area contributed by atoms with Crippen molar-refractivity contribution in [2.45, 2.75) is 65.0 Å². The zero-order valence-electron chi connectivity index (χ0n) is 18.5. The number of rotatable bonds is 4. The number of hydrogen-bond acceptors (Lipinski definition) is 4. The fraction of sp³-hybridized carbons (Fsp3) is 0.850. The first kappa shape index (κ1) is 25.8. The Kier molecular flexibility index (Phi) is 10.5. The van der Waals surface area contributed by atoms with Gasteiger partial charge in [0.05, 0.1) is 0 Å². The molecule has 0 bridgehead atoms. The van der Waals surface area contributed by atoms with Gasteiger partial charge in [-0.2, -0.15) is 0 Å². The van der Waals surface area contributed by atoms with Crippen molar-refractivity contribution >= 4 is 41.9 Å². The third-order valence-electron chi connectivity index (χ3n) is 5.14. The van der Waals surface area contributed by atoms with Crippen molar-refractivity contribution in [2.24, 2.45) is 10.9 Å². The molecular weight excluding hydrogens is 485 g/mol. The van der Waals surface area contributed by atoms with Gasteiger partial charge in [-0.1, -0.05) is 6.92 Å². The van der Waals surface area contributed by atoms with Crippen molar-refractivity contribution in [3.63, 3.8) is 0 Å². The summed E-state index contributed by atoms with van der Waals surface area (Å²) in [5.41, 5.74) is -0.470.